The summed E-state index contributed by atoms with van der Waals surface area (Å²) in [6.07, 6.45) is 0.553. The number of hydrogen-bond donors (Lipinski definition) is 2. The molecule has 0 fully saturated rings. The Morgan fingerprint density at radius 1 is 1.70 bits per heavy atom. The van der Waals surface area contributed by atoms with E-state index in [0.29, 0.717) is 25.4 Å². The van der Waals surface area contributed by atoms with Crippen molar-refractivity contribution in [3.63, 3.8) is 0 Å². The molecular weight excluding hydrogens is 128 g/mol. The van der Waals surface area contributed by atoms with Gasteiger partial charge in [0.25, 0.3) is 0 Å². The van der Waals surface area contributed by atoms with Crippen molar-refractivity contribution < 1.29 is 4.79 Å². The molecule has 0 aliphatic carbocycles. The molecule has 0 rings (SSSR count). The molecule has 1 amide bonds. The van der Waals surface area contributed by atoms with Crippen LogP contribution in [0.4, 0.5) is 0 Å². The molecule has 10 heavy (non-hydrogen) atoms. The van der Waals surface area contributed by atoms with E-state index in [1.807, 2.05) is 13.8 Å². The summed E-state index contributed by atoms with van der Waals surface area (Å²) in [6.45, 7) is 5.17. The molecule has 1 atom stereocenters. The van der Waals surface area contributed by atoms with Gasteiger partial charge in [0.2, 0.25) is 5.91 Å². The van der Waals surface area contributed by atoms with Crippen molar-refractivity contribution >= 4 is 5.91 Å². The predicted molar refractivity (Wildman–Crippen MR) is 41.5 cm³/mol. The molecule has 3 N–H and O–H groups in total. The lowest BCUT2D eigenvalue weighted by Crippen LogP contribution is -2.30. The highest BCUT2D eigenvalue weighted by Gasteiger charge is 2.00. The fourth-order valence-corrected chi connectivity index (χ4v) is 0.496. The fourth-order valence-electron chi connectivity index (χ4n) is 0.496. The summed E-state index contributed by atoms with van der Waals surface area (Å²) in [5, 5.41) is 2.76. The molecular formula is C7H16N2O. The molecule has 0 aromatic heterocycles. The number of hydrogen-bond acceptors (Lipinski definition) is 2. The molecule has 1 unspecified atom stereocenters. The second-order valence-electron chi connectivity index (χ2n) is 2.50. The third kappa shape index (κ3) is 4.32. The molecule has 0 bridgehead atoms. The molecule has 3 nitrogen and oxygen atoms in total. The molecule has 60 valence electrons. The lowest BCUT2D eigenvalue weighted by Gasteiger charge is -2.08. The molecule has 0 aliphatic heterocycles. The van der Waals surface area contributed by atoms with Crippen LogP contribution >= 0.6 is 0 Å². The fraction of sp³-hybridized carbons (Fsp3) is 0.857. The number of carbonyl (C=O) groups excluding carboxylic acids is 1. The zero-order chi connectivity index (χ0) is 7.98. The summed E-state index contributed by atoms with van der Waals surface area (Å²) in [7, 11) is 0. The first-order valence-corrected chi connectivity index (χ1v) is 3.67. The Hall–Kier alpha value is -0.570. The Balaban J connectivity index is 3.26. The minimum atomic E-state index is 0.0975. The van der Waals surface area contributed by atoms with E-state index in [9.17, 15) is 4.79 Å². The van der Waals surface area contributed by atoms with Gasteiger partial charge in [-0.25, -0.2) is 0 Å². The van der Waals surface area contributed by atoms with Crippen molar-refractivity contribution in [1.82, 2.24) is 5.32 Å². The zero-order valence-electron chi connectivity index (χ0n) is 6.68. The SMILES string of the molecule is CCC(=O)NCC(C)CN. The molecule has 0 aromatic carbocycles. The Morgan fingerprint density at radius 2 is 2.30 bits per heavy atom. The van der Waals surface area contributed by atoms with E-state index in [0.717, 1.165) is 0 Å². The van der Waals surface area contributed by atoms with Gasteiger partial charge in [-0.1, -0.05) is 13.8 Å². The molecule has 0 heterocycles. The first-order valence-electron chi connectivity index (χ1n) is 3.67. The van der Waals surface area contributed by atoms with Gasteiger partial charge in [0.1, 0.15) is 0 Å². The van der Waals surface area contributed by atoms with E-state index >= 15 is 0 Å². The highest BCUT2D eigenvalue weighted by atomic mass is 16.1. The van der Waals surface area contributed by atoms with Crippen molar-refractivity contribution in [2.75, 3.05) is 13.1 Å². The van der Waals surface area contributed by atoms with Gasteiger partial charge in [-0.3, -0.25) is 4.79 Å². The van der Waals surface area contributed by atoms with Crippen LogP contribution in [-0.4, -0.2) is 19.0 Å². The van der Waals surface area contributed by atoms with Crippen molar-refractivity contribution in [3.8, 4) is 0 Å². The Kier molecular flexibility index (Phi) is 4.94. The predicted octanol–water partition coefficient (Wildman–Crippen LogP) is 0.107. The maximum absolute atomic E-state index is 10.7. The lowest BCUT2D eigenvalue weighted by molar-refractivity contribution is -0.120. The third-order valence-corrected chi connectivity index (χ3v) is 1.37. The first-order chi connectivity index (χ1) is 4.70. The number of nitrogens with two attached hydrogens (primary N) is 1. The maximum Gasteiger partial charge on any atom is 0.219 e. The van der Waals surface area contributed by atoms with E-state index < -0.39 is 0 Å². The van der Waals surface area contributed by atoms with Crippen LogP contribution in [0.2, 0.25) is 0 Å². The van der Waals surface area contributed by atoms with Gasteiger partial charge >= 0.3 is 0 Å². The van der Waals surface area contributed by atoms with Crippen molar-refractivity contribution in [2.24, 2.45) is 11.7 Å². The highest BCUT2D eigenvalue weighted by molar-refractivity contribution is 5.75. The van der Waals surface area contributed by atoms with Crippen LogP contribution in [0.5, 0.6) is 0 Å². The third-order valence-electron chi connectivity index (χ3n) is 1.37. The van der Waals surface area contributed by atoms with Gasteiger partial charge < -0.3 is 11.1 Å². The standard InChI is InChI=1S/C7H16N2O/c1-3-7(10)9-5-6(2)4-8/h6H,3-5,8H2,1-2H3,(H,9,10). The van der Waals surface area contributed by atoms with E-state index in [1.54, 1.807) is 0 Å². The summed E-state index contributed by atoms with van der Waals surface area (Å²) in [5.74, 6) is 0.482. The van der Waals surface area contributed by atoms with Gasteiger partial charge in [0, 0.05) is 13.0 Å². The number of nitrogens with one attached hydrogen (secondary N) is 1. The molecule has 0 saturated carbocycles. The van der Waals surface area contributed by atoms with Crippen molar-refractivity contribution in [3.05, 3.63) is 0 Å². The quantitative estimate of drug-likeness (QED) is 0.588. The summed E-state index contributed by atoms with van der Waals surface area (Å²) in [4.78, 5) is 10.7. The van der Waals surface area contributed by atoms with Gasteiger partial charge in [-0.15, -0.1) is 0 Å². The smallest absolute Gasteiger partial charge is 0.219 e. The topological polar surface area (TPSA) is 55.1 Å². The van der Waals surface area contributed by atoms with Crippen molar-refractivity contribution in [1.29, 1.82) is 0 Å². The molecule has 0 saturated heterocycles. The van der Waals surface area contributed by atoms with Gasteiger partial charge in [-0.05, 0) is 12.5 Å². The Labute approximate surface area is 62.0 Å². The first kappa shape index (κ1) is 9.43. The van der Waals surface area contributed by atoms with Gasteiger partial charge in [0.05, 0.1) is 0 Å². The Bertz CT molecular complexity index is 104. The number of amides is 1. The van der Waals surface area contributed by atoms with Gasteiger partial charge in [0.15, 0.2) is 0 Å². The maximum atomic E-state index is 10.7. The summed E-state index contributed by atoms with van der Waals surface area (Å²) in [5.41, 5.74) is 5.35. The van der Waals surface area contributed by atoms with Crippen LogP contribution in [0, 0.1) is 5.92 Å². The summed E-state index contributed by atoms with van der Waals surface area (Å²) >= 11 is 0. The average Bonchev–Trinajstić information content (AvgIpc) is 1.99. The largest absolute Gasteiger partial charge is 0.356 e. The average molecular weight is 144 g/mol. The molecule has 0 aliphatic rings. The zero-order valence-corrected chi connectivity index (χ0v) is 6.68. The van der Waals surface area contributed by atoms with Crippen LogP contribution in [0.15, 0.2) is 0 Å². The minimum absolute atomic E-state index is 0.0975. The second kappa shape index (κ2) is 5.23. The Morgan fingerprint density at radius 3 is 2.70 bits per heavy atom. The molecule has 0 spiro atoms. The molecule has 0 aromatic rings. The van der Waals surface area contributed by atoms with Crippen LogP contribution in [0.3, 0.4) is 0 Å². The van der Waals surface area contributed by atoms with E-state index in [2.05, 4.69) is 5.32 Å². The highest BCUT2D eigenvalue weighted by Crippen LogP contribution is 1.87. The van der Waals surface area contributed by atoms with Crippen molar-refractivity contribution in [2.45, 2.75) is 20.3 Å². The number of rotatable bonds is 4. The van der Waals surface area contributed by atoms with E-state index in [1.165, 1.54) is 0 Å². The molecule has 0 radical (unpaired) electrons. The van der Waals surface area contributed by atoms with E-state index in [-0.39, 0.29) is 5.91 Å². The van der Waals surface area contributed by atoms with E-state index in [4.69, 9.17) is 5.73 Å². The van der Waals surface area contributed by atoms with Crippen LogP contribution in [0.25, 0.3) is 0 Å². The summed E-state index contributed by atoms with van der Waals surface area (Å²) < 4.78 is 0. The normalized spacial score (nSPS) is 12.7. The summed E-state index contributed by atoms with van der Waals surface area (Å²) in [6, 6.07) is 0. The minimum Gasteiger partial charge on any atom is -0.356 e. The van der Waals surface area contributed by atoms with Crippen LogP contribution < -0.4 is 11.1 Å². The molecule has 3 heteroatoms. The van der Waals surface area contributed by atoms with Gasteiger partial charge in [-0.2, -0.15) is 0 Å². The van der Waals surface area contributed by atoms with Crippen LogP contribution in [-0.2, 0) is 4.79 Å². The van der Waals surface area contributed by atoms with Crippen LogP contribution in [0.1, 0.15) is 20.3 Å². The number of carbonyl (C=O) groups is 1. The monoisotopic (exact) mass is 144 g/mol. The lowest BCUT2D eigenvalue weighted by atomic mass is 10.2. The second-order valence-corrected chi connectivity index (χ2v) is 2.50.